The first kappa shape index (κ1) is 25.6. The number of methoxy groups -OCH3 is 2. The first-order chi connectivity index (χ1) is 15.0. The number of benzene rings is 2. The van der Waals surface area contributed by atoms with Crippen LogP contribution < -0.4 is 9.64 Å². The third-order valence-corrected chi connectivity index (χ3v) is 6.21. The van der Waals surface area contributed by atoms with Crippen LogP contribution in [0.15, 0.2) is 42.5 Å². The van der Waals surface area contributed by atoms with E-state index in [1.165, 1.54) is 18.4 Å². The number of hydrogen-bond acceptors (Lipinski definition) is 7. The predicted octanol–water partition coefficient (Wildman–Crippen LogP) is 4.50. The maximum Gasteiger partial charge on any atom is 0.337 e. The van der Waals surface area contributed by atoms with Crippen LogP contribution in [0.2, 0.25) is 0 Å². The van der Waals surface area contributed by atoms with E-state index in [9.17, 15) is 9.59 Å². The van der Waals surface area contributed by atoms with Gasteiger partial charge in [0.05, 0.1) is 30.0 Å². The van der Waals surface area contributed by atoms with Gasteiger partial charge in [0.15, 0.2) is 5.13 Å². The molecule has 0 unspecified atom stereocenters. The molecule has 32 heavy (non-hydrogen) atoms. The fraction of sp³-hybridized carbons (Fsp3) is 0.348. The highest BCUT2D eigenvalue weighted by atomic mass is 35.5. The maximum absolute atomic E-state index is 13.4. The van der Waals surface area contributed by atoms with Crippen LogP contribution >= 0.6 is 23.7 Å². The van der Waals surface area contributed by atoms with Crippen molar-refractivity contribution in [2.45, 2.75) is 13.8 Å². The zero-order valence-corrected chi connectivity index (χ0v) is 20.3. The van der Waals surface area contributed by atoms with Gasteiger partial charge in [0.1, 0.15) is 5.75 Å². The van der Waals surface area contributed by atoms with Crippen molar-refractivity contribution in [2.24, 2.45) is 0 Å². The summed E-state index contributed by atoms with van der Waals surface area (Å²) in [6.45, 7) is 7.26. The van der Waals surface area contributed by atoms with Gasteiger partial charge in [0, 0.05) is 24.7 Å². The Hall–Kier alpha value is -2.68. The molecule has 0 aliphatic carbocycles. The molecule has 0 spiro atoms. The monoisotopic (exact) mass is 477 g/mol. The summed E-state index contributed by atoms with van der Waals surface area (Å²) >= 11 is 1.47. The summed E-state index contributed by atoms with van der Waals surface area (Å²) in [5.41, 5.74) is 1.69. The SMILES string of the molecule is CCN(CC)CCN(C(=O)c1ccc(C(=O)OC)cc1)c1nc2cc(OC)ccc2s1.Cl. The maximum atomic E-state index is 13.4. The van der Waals surface area contributed by atoms with Crippen molar-refractivity contribution in [3.63, 3.8) is 0 Å². The highest BCUT2D eigenvalue weighted by molar-refractivity contribution is 7.22. The largest absolute Gasteiger partial charge is 0.497 e. The molecular weight excluding hydrogens is 450 g/mol. The summed E-state index contributed by atoms with van der Waals surface area (Å²) in [6, 6.07) is 12.2. The molecule has 2 aromatic carbocycles. The molecule has 0 N–H and O–H groups in total. The zero-order chi connectivity index (χ0) is 22.4. The minimum Gasteiger partial charge on any atom is -0.497 e. The molecule has 0 saturated carbocycles. The van der Waals surface area contributed by atoms with E-state index in [1.807, 2.05) is 18.2 Å². The van der Waals surface area contributed by atoms with Crippen molar-refractivity contribution in [3.05, 3.63) is 53.6 Å². The van der Waals surface area contributed by atoms with Gasteiger partial charge in [-0.1, -0.05) is 25.2 Å². The smallest absolute Gasteiger partial charge is 0.337 e. The van der Waals surface area contributed by atoms with E-state index >= 15 is 0 Å². The molecule has 0 fully saturated rings. The molecule has 172 valence electrons. The Morgan fingerprint density at radius 3 is 2.22 bits per heavy atom. The number of carbonyl (C=O) groups is 2. The van der Waals surface area contributed by atoms with Crippen molar-refractivity contribution in [2.75, 3.05) is 45.3 Å². The number of rotatable bonds is 9. The average molecular weight is 478 g/mol. The van der Waals surface area contributed by atoms with Gasteiger partial charge in [-0.05, 0) is 49.5 Å². The molecule has 1 heterocycles. The number of aromatic nitrogens is 1. The fourth-order valence-electron chi connectivity index (χ4n) is 3.23. The van der Waals surface area contributed by atoms with E-state index in [2.05, 4.69) is 18.7 Å². The number of thiazole rings is 1. The van der Waals surface area contributed by atoms with Crippen molar-refractivity contribution in [3.8, 4) is 5.75 Å². The first-order valence-electron chi connectivity index (χ1n) is 10.2. The van der Waals surface area contributed by atoms with Gasteiger partial charge in [-0.3, -0.25) is 9.69 Å². The number of amides is 1. The summed E-state index contributed by atoms with van der Waals surface area (Å²) in [7, 11) is 2.95. The lowest BCUT2D eigenvalue weighted by Gasteiger charge is -2.24. The zero-order valence-electron chi connectivity index (χ0n) is 18.7. The van der Waals surface area contributed by atoms with Gasteiger partial charge < -0.3 is 14.4 Å². The molecule has 0 atom stereocenters. The topological polar surface area (TPSA) is 72.0 Å². The summed E-state index contributed by atoms with van der Waals surface area (Å²) in [5, 5.41) is 0.637. The Kier molecular flexibility index (Phi) is 9.43. The quantitative estimate of drug-likeness (QED) is 0.422. The van der Waals surface area contributed by atoms with Crippen molar-refractivity contribution >= 4 is 51.0 Å². The molecule has 9 heteroatoms. The highest BCUT2D eigenvalue weighted by Crippen LogP contribution is 2.32. The second-order valence-corrected chi connectivity index (χ2v) is 7.89. The Balaban J connectivity index is 0.00000363. The van der Waals surface area contributed by atoms with E-state index in [1.54, 1.807) is 36.3 Å². The molecule has 0 aliphatic rings. The van der Waals surface area contributed by atoms with Crippen LogP contribution in [0.4, 0.5) is 5.13 Å². The molecule has 0 saturated heterocycles. The van der Waals surface area contributed by atoms with Crippen LogP contribution in [-0.2, 0) is 4.74 Å². The number of fused-ring (bicyclic) bond motifs is 1. The molecule has 1 amide bonds. The molecular formula is C23H28ClN3O4S. The molecule has 0 bridgehead atoms. The lowest BCUT2D eigenvalue weighted by Crippen LogP contribution is -2.38. The molecule has 3 aromatic rings. The van der Waals surface area contributed by atoms with Gasteiger partial charge in [0.2, 0.25) is 0 Å². The Bertz CT molecular complexity index is 1050. The first-order valence-corrected chi connectivity index (χ1v) is 11.0. The second kappa shape index (κ2) is 11.8. The lowest BCUT2D eigenvalue weighted by molar-refractivity contribution is 0.0600. The van der Waals surface area contributed by atoms with Gasteiger partial charge in [0.25, 0.3) is 5.91 Å². The van der Waals surface area contributed by atoms with Crippen LogP contribution in [0, 0.1) is 0 Å². The Labute approximate surface area is 198 Å². The normalized spacial score (nSPS) is 10.7. The van der Waals surface area contributed by atoms with Gasteiger partial charge in [-0.2, -0.15) is 0 Å². The predicted molar refractivity (Wildman–Crippen MR) is 131 cm³/mol. The van der Waals surface area contributed by atoms with Crippen molar-refractivity contribution in [1.82, 2.24) is 9.88 Å². The van der Waals surface area contributed by atoms with E-state index < -0.39 is 5.97 Å². The molecule has 0 aliphatic heterocycles. The van der Waals surface area contributed by atoms with E-state index in [0.717, 1.165) is 35.6 Å². The number of anilines is 1. The number of nitrogens with zero attached hydrogens (tertiary/aromatic N) is 3. The number of carbonyl (C=O) groups excluding carboxylic acids is 2. The number of likely N-dealkylation sites (N-methyl/N-ethyl adjacent to an activating group) is 1. The standard InChI is InChI=1S/C23H27N3O4S.ClH/c1-5-25(6-2)13-14-26(21(27)16-7-9-17(10-8-16)22(28)30-4)23-24-19-15-18(29-3)11-12-20(19)31-23;/h7-12,15H,5-6,13-14H2,1-4H3;1H. The average Bonchev–Trinajstić information content (AvgIpc) is 3.24. The van der Waals surface area contributed by atoms with Crippen LogP contribution in [0.3, 0.4) is 0 Å². The number of halogens is 1. The highest BCUT2D eigenvalue weighted by Gasteiger charge is 2.22. The van der Waals surface area contributed by atoms with Gasteiger partial charge in [-0.15, -0.1) is 12.4 Å². The van der Waals surface area contributed by atoms with Crippen LogP contribution in [0.5, 0.6) is 5.75 Å². The molecule has 7 nitrogen and oxygen atoms in total. The van der Waals surface area contributed by atoms with E-state index in [4.69, 9.17) is 14.5 Å². The van der Waals surface area contributed by atoms with Gasteiger partial charge >= 0.3 is 5.97 Å². The van der Waals surface area contributed by atoms with E-state index in [0.29, 0.717) is 22.8 Å². The minimum absolute atomic E-state index is 0. The Morgan fingerprint density at radius 1 is 0.969 bits per heavy atom. The Morgan fingerprint density at radius 2 is 1.62 bits per heavy atom. The summed E-state index contributed by atoms with van der Waals surface area (Å²) in [6.07, 6.45) is 0. The lowest BCUT2D eigenvalue weighted by atomic mass is 10.1. The van der Waals surface area contributed by atoms with Crippen LogP contribution in [0.25, 0.3) is 10.2 Å². The number of hydrogen-bond donors (Lipinski definition) is 0. The van der Waals surface area contributed by atoms with Crippen molar-refractivity contribution < 1.29 is 19.1 Å². The second-order valence-electron chi connectivity index (χ2n) is 6.88. The molecule has 0 radical (unpaired) electrons. The fourth-order valence-corrected chi connectivity index (χ4v) is 4.20. The molecule has 3 rings (SSSR count). The number of esters is 1. The van der Waals surface area contributed by atoms with E-state index in [-0.39, 0.29) is 18.3 Å². The van der Waals surface area contributed by atoms with Crippen molar-refractivity contribution in [1.29, 1.82) is 0 Å². The van der Waals surface area contributed by atoms with Crippen LogP contribution in [0.1, 0.15) is 34.6 Å². The third kappa shape index (κ3) is 5.76. The summed E-state index contributed by atoms with van der Waals surface area (Å²) < 4.78 is 11.0. The minimum atomic E-state index is -0.433. The van der Waals surface area contributed by atoms with Crippen LogP contribution in [-0.4, -0.2) is 62.2 Å². The number of ether oxygens (including phenoxy) is 2. The summed E-state index contributed by atoms with van der Waals surface area (Å²) in [4.78, 5) is 33.8. The van der Waals surface area contributed by atoms with Gasteiger partial charge in [-0.25, -0.2) is 9.78 Å². The third-order valence-electron chi connectivity index (χ3n) is 5.15. The molecule has 1 aromatic heterocycles. The summed E-state index contributed by atoms with van der Waals surface area (Å²) in [5.74, 6) is 0.135.